The highest BCUT2D eigenvalue weighted by atomic mass is 16.4. The average molecular weight is 285 g/mol. The summed E-state index contributed by atoms with van der Waals surface area (Å²) < 4.78 is 0. The minimum Gasteiger partial charge on any atom is -0.481 e. The predicted octanol–water partition coefficient (Wildman–Crippen LogP) is 2.76. The lowest BCUT2D eigenvalue weighted by Gasteiger charge is -2.24. The van der Waals surface area contributed by atoms with Gasteiger partial charge in [-0.25, -0.2) is 0 Å². The van der Waals surface area contributed by atoms with Crippen LogP contribution in [0.1, 0.15) is 17.5 Å². The van der Waals surface area contributed by atoms with Gasteiger partial charge in [0.25, 0.3) is 0 Å². The van der Waals surface area contributed by atoms with Crippen molar-refractivity contribution in [2.75, 3.05) is 5.32 Å². The summed E-state index contributed by atoms with van der Waals surface area (Å²) in [6.07, 6.45) is 4.72. The van der Waals surface area contributed by atoms with E-state index in [1.54, 1.807) is 0 Å². The van der Waals surface area contributed by atoms with Crippen LogP contribution in [-0.2, 0) is 9.59 Å². The minimum atomic E-state index is -0.868. The van der Waals surface area contributed by atoms with E-state index in [1.165, 1.54) is 0 Å². The number of carboxylic acid groups (broad SMARTS) is 1. The van der Waals surface area contributed by atoms with Crippen LogP contribution in [0.3, 0.4) is 0 Å². The molecule has 4 heteroatoms. The van der Waals surface area contributed by atoms with Crippen LogP contribution < -0.4 is 5.32 Å². The van der Waals surface area contributed by atoms with Crippen molar-refractivity contribution in [3.63, 3.8) is 0 Å². The number of anilines is 1. The van der Waals surface area contributed by atoms with Gasteiger partial charge in [0.1, 0.15) is 0 Å². The molecule has 0 saturated heterocycles. The molecule has 0 radical (unpaired) electrons. The summed E-state index contributed by atoms with van der Waals surface area (Å²) in [6, 6.07) is 5.85. The lowest BCUT2D eigenvalue weighted by Crippen LogP contribution is -2.36. The highest BCUT2D eigenvalue weighted by Crippen LogP contribution is 2.48. The van der Waals surface area contributed by atoms with Gasteiger partial charge in [0.05, 0.1) is 11.8 Å². The number of nitrogens with one attached hydrogen (secondary N) is 1. The highest BCUT2D eigenvalue weighted by molar-refractivity contribution is 5.96. The molecule has 110 valence electrons. The van der Waals surface area contributed by atoms with Crippen molar-refractivity contribution < 1.29 is 14.7 Å². The van der Waals surface area contributed by atoms with Gasteiger partial charge in [-0.05, 0) is 55.4 Å². The van der Waals surface area contributed by atoms with E-state index >= 15 is 0 Å². The fourth-order valence-electron chi connectivity index (χ4n) is 3.79. The molecule has 0 aliphatic heterocycles. The van der Waals surface area contributed by atoms with E-state index < -0.39 is 17.8 Å². The SMILES string of the molecule is Cc1cc(C)cc(NC(=O)C2C3C=CC(C3)C2C(=O)O)c1. The van der Waals surface area contributed by atoms with Crippen LogP contribution in [-0.4, -0.2) is 17.0 Å². The molecule has 1 amide bonds. The quantitative estimate of drug-likeness (QED) is 0.839. The summed E-state index contributed by atoms with van der Waals surface area (Å²) >= 11 is 0. The first kappa shape index (κ1) is 13.9. The zero-order chi connectivity index (χ0) is 15.1. The van der Waals surface area contributed by atoms with Gasteiger partial charge < -0.3 is 10.4 Å². The number of benzene rings is 1. The van der Waals surface area contributed by atoms with Crippen molar-refractivity contribution in [3.8, 4) is 0 Å². The van der Waals surface area contributed by atoms with Gasteiger partial charge in [0.2, 0.25) is 5.91 Å². The van der Waals surface area contributed by atoms with Crippen LogP contribution in [0.5, 0.6) is 0 Å². The molecule has 1 aromatic carbocycles. The largest absolute Gasteiger partial charge is 0.481 e. The molecule has 2 aliphatic carbocycles. The first-order valence-corrected chi connectivity index (χ1v) is 7.26. The average Bonchev–Trinajstić information content (AvgIpc) is 2.96. The summed E-state index contributed by atoms with van der Waals surface area (Å²) in [7, 11) is 0. The number of hydrogen-bond acceptors (Lipinski definition) is 2. The summed E-state index contributed by atoms with van der Waals surface area (Å²) in [6.45, 7) is 3.95. The van der Waals surface area contributed by atoms with Gasteiger partial charge >= 0.3 is 5.97 Å². The molecule has 2 N–H and O–H groups in total. The molecule has 0 aromatic heterocycles. The zero-order valence-electron chi connectivity index (χ0n) is 12.2. The number of carbonyl (C=O) groups is 2. The van der Waals surface area contributed by atoms with Gasteiger partial charge in [-0.1, -0.05) is 18.2 Å². The van der Waals surface area contributed by atoms with E-state index in [0.717, 1.165) is 23.2 Å². The van der Waals surface area contributed by atoms with E-state index in [0.29, 0.717) is 0 Å². The van der Waals surface area contributed by atoms with E-state index in [-0.39, 0.29) is 17.7 Å². The molecule has 2 aliphatic rings. The molecule has 0 heterocycles. The van der Waals surface area contributed by atoms with Crippen LogP contribution in [0.4, 0.5) is 5.69 Å². The molecule has 1 aromatic rings. The number of hydrogen-bond donors (Lipinski definition) is 2. The zero-order valence-corrected chi connectivity index (χ0v) is 12.2. The number of aliphatic carboxylic acids is 1. The van der Waals surface area contributed by atoms with Gasteiger partial charge in [-0.2, -0.15) is 0 Å². The molecular formula is C17H19NO3. The van der Waals surface area contributed by atoms with Crippen LogP contribution in [0.15, 0.2) is 30.4 Å². The van der Waals surface area contributed by atoms with Gasteiger partial charge in [-0.15, -0.1) is 0 Å². The Balaban J connectivity index is 1.82. The molecule has 4 atom stereocenters. The number of carboxylic acids is 1. The van der Waals surface area contributed by atoms with Crippen molar-refractivity contribution in [1.29, 1.82) is 0 Å². The molecule has 1 saturated carbocycles. The fourth-order valence-corrected chi connectivity index (χ4v) is 3.79. The van der Waals surface area contributed by atoms with Gasteiger partial charge in [-0.3, -0.25) is 9.59 Å². The Morgan fingerprint density at radius 1 is 1.05 bits per heavy atom. The maximum atomic E-state index is 12.5. The van der Waals surface area contributed by atoms with E-state index in [4.69, 9.17) is 0 Å². The third-order valence-corrected chi connectivity index (χ3v) is 4.54. The molecule has 4 nitrogen and oxygen atoms in total. The Morgan fingerprint density at radius 3 is 2.19 bits per heavy atom. The second kappa shape index (κ2) is 5.02. The van der Waals surface area contributed by atoms with Crippen LogP contribution in [0.2, 0.25) is 0 Å². The van der Waals surface area contributed by atoms with Crippen molar-refractivity contribution in [2.45, 2.75) is 20.3 Å². The number of allylic oxidation sites excluding steroid dienone is 2. The maximum Gasteiger partial charge on any atom is 0.307 e. The maximum absolute atomic E-state index is 12.5. The van der Waals surface area contributed by atoms with Crippen molar-refractivity contribution in [1.82, 2.24) is 0 Å². The van der Waals surface area contributed by atoms with Crippen molar-refractivity contribution >= 4 is 17.6 Å². The van der Waals surface area contributed by atoms with E-state index in [9.17, 15) is 14.7 Å². The summed E-state index contributed by atoms with van der Waals surface area (Å²) in [4.78, 5) is 24.0. The van der Waals surface area contributed by atoms with Crippen molar-refractivity contribution in [2.24, 2.45) is 23.7 Å². The molecule has 3 rings (SSSR count). The molecule has 21 heavy (non-hydrogen) atoms. The number of rotatable bonds is 3. The summed E-state index contributed by atoms with van der Waals surface area (Å²) in [5.41, 5.74) is 2.90. The molecule has 1 fully saturated rings. The third-order valence-electron chi connectivity index (χ3n) is 4.54. The van der Waals surface area contributed by atoms with Crippen LogP contribution in [0.25, 0.3) is 0 Å². The Kier molecular flexibility index (Phi) is 3.32. The Morgan fingerprint density at radius 2 is 1.62 bits per heavy atom. The van der Waals surface area contributed by atoms with E-state index in [2.05, 4.69) is 5.32 Å². The highest BCUT2D eigenvalue weighted by Gasteiger charge is 2.51. The molecule has 4 unspecified atom stereocenters. The topological polar surface area (TPSA) is 66.4 Å². The summed E-state index contributed by atoms with van der Waals surface area (Å²) in [5.74, 6) is -2.04. The van der Waals surface area contributed by atoms with Gasteiger partial charge in [0, 0.05) is 5.69 Å². The number of amides is 1. The van der Waals surface area contributed by atoms with Crippen LogP contribution >= 0.6 is 0 Å². The molecular weight excluding hydrogens is 266 g/mol. The second-order valence-electron chi connectivity index (χ2n) is 6.20. The monoisotopic (exact) mass is 285 g/mol. The number of fused-ring (bicyclic) bond motifs is 2. The third kappa shape index (κ3) is 2.46. The Labute approximate surface area is 123 Å². The standard InChI is InChI=1S/C17H19NO3/c1-9-5-10(2)7-13(6-9)18-16(19)14-11-3-4-12(8-11)15(14)17(20)21/h3-7,11-12,14-15H,8H2,1-2H3,(H,18,19)(H,20,21). The number of carbonyl (C=O) groups excluding carboxylic acids is 1. The lowest BCUT2D eigenvalue weighted by atomic mass is 9.82. The van der Waals surface area contributed by atoms with Crippen molar-refractivity contribution in [3.05, 3.63) is 41.5 Å². The normalized spacial score (nSPS) is 29.6. The Bertz CT molecular complexity index is 615. The second-order valence-corrected chi connectivity index (χ2v) is 6.20. The van der Waals surface area contributed by atoms with Gasteiger partial charge in [0.15, 0.2) is 0 Å². The first-order valence-electron chi connectivity index (χ1n) is 7.26. The number of aryl methyl sites for hydroxylation is 2. The summed E-state index contributed by atoms with van der Waals surface area (Å²) in [5, 5.41) is 12.3. The Hall–Kier alpha value is -2.10. The minimum absolute atomic E-state index is 0.00231. The predicted molar refractivity (Wildman–Crippen MR) is 79.9 cm³/mol. The molecule has 0 spiro atoms. The lowest BCUT2D eigenvalue weighted by molar-refractivity contribution is -0.146. The first-order chi connectivity index (χ1) is 9.95. The fraction of sp³-hybridized carbons (Fsp3) is 0.412. The smallest absolute Gasteiger partial charge is 0.307 e. The van der Waals surface area contributed by atoms with E-state index in [1.807, 2.05) is 44.2 Å². The molecule has 2 bridgehead atoms. The van der Waals surface area contributed by atoms with Crippen LogP contribution in [0, 0.1) is 37.5 Å².